The summed E-state index contributed by atoms with van der Waals surface area (Å²) in [6.45, 7) is 2.53. The molecule has 13 nitrogen and oxygen atoms in total. The third kappa shape index (κ3) is 7.43. The van der Waals surface area contributed by atoms with Crippen molar-refractivity contribution in [1.29, 1.82) is 0 Å². The van der Waals surface area contributed by atoms with Gasteiger partial charge in [0.15, 0.2) is 22.7 Å². The van der Waals surface area contributed by atoms with Gasteiger partial charge in [0.2, 0.25) is 5.91 Å². The van der Waals surface area contributed by atoms with E-state index < -0.39 is 69.1 Å². The molecule has 5 heterocycles. The first kappa shape index (κ1) is 39.2. The summed E-state index contributed by atoms with van der Waals surface area (Å²) >= 11 is 2.39. The fourth-order valence-electron chi connectivity index (χ4n) is 5.62. The van der Waals surface area contributed by atoms with E-state index in [1.54, 1.807) is 9.91 Å². The number of fused-ring (bicyclic) bond motifs is 2. The van der Waals surface area contributed by atoms with Gasteiger partial charge in [-0.3, -0.25) is 24.1 Å². The van der Waals surface area contributed by atoms with E-state index in [1.807, 2.05) is 0 Å². The fraction of sp³-hybridized carbons (Fsp3) is 0.310. The molecule has 2 aromatic heterocycles. The number of carbonyl (C=O) groups is 3. The Morgan fingerprint density at radius 3 is 2.41 bits per heavy atom. The second-order valence-corrected chi connectivity index (χ2v) is 12.8. The van der Waals surface area contributed by atoms with Gasteiger partial charge in [0.25, 0.3) is 0 Å². The molecule has 2 saturated heterocycles. The van der Waals surface area contributed by atoms with Crippen LogP contribution in [0, 0.1) is 23.4 Å². The number of aliphatic hydroxyl groups is 1. The first-order valence-electron chi connectivity index (χ1n) is 14.1. The van der Waals surface area contributed by atoms with Crippen molar-refractivity contribution in [1.82, 2.24) is 19.5 Å². The van der Waals surface area contributed by atoms with E-state index in [0.29, 0.717) is 24.1 Å². The normalized spacial score (nSPS) is 19.4. The largest absolute Gasteiger partial charge is 1.00 e. The summed E-state index contributed by atoms with van der Waals surface area (Å²) in [6, 6.07) is 3.36. The van der Waals surface area contributed by atoms with Gasteiger partial charge in [0.1, 0.15) is 17.0 Å². The predicted octanol–water partition coefficient (Wildman–Crippen LogP) is -6.15. The molecule has 20 heteroatoms. The van der Waals surface area contributed by atoms with Crippen molar-refractivity contribution in [3.63, 3.8) is 0 Å². The number of aromatic nitrogens is 2. The molecule has 3 aliphatic rings. The third-order valence-corrected chi connectivity index (χ3v) is 10.2. The number of hydrazone groups is 1. The van der Waals surface area contributed by atoms with Gasteiger partial charge in [0, 0.05) is 36.0 Å². The van der Waals surface area contributed by atoms with E-state index in [-0.39, 0.29) is 101 Å². The van der Waals surface area contributed by atoms with E-state index in [2.05, 4.69) is 10.1 Å². The van der Waals surface area contributed by atoms with Gasteiger partial charge in [0.05, 0.1) is 64.9 Å². The van der Waals surface area contributed by atoms with Crippen LogP contribution in [0.15, 0.2) is 51.0 Å². The van der Waals surface area contributed by atoms with Gasteiger partial charge in [-0.1, -0.05) is 0 Å². The Hall–Kier alpha value is -2.55. The number of thioether (sulfide) groups is 2. The molecule has 49 heavy (non-hydrogen) atoms. The molecule has 0 unspecified atom stereocenters. The van der Waals surface area contributed by atoms with Crippen LogP contribution in [0.1, 0.15) is 17.3 Å². The number of nitrogens with zero attached hydrogens (tertiary/aromatic N) is 6. The minimum atomic E-state index is -1.87. The summed E-state index contributed by atoms with van der Waals surface area (Å²) in [5, 5.41) is 38.3. The number of pyridine rings is 2. The number of piperazine rings is 1. The number of halogens is 3. The van der Waals surface area contributed by atoms with Crippen LogP contribution in [0.4, 0.5) is 19.0 Å². The quantitative estimate of drug-likeness (QED) is 0.0956. The molecule has 0 radical (unpaired) electrons. The number of amides is 1. The van der Waals surface area contributed by atoms with E-state index in [9.17, 15) is 43.3 Å². The molecule has 1 amide bonds. The van der Waals surface area contributed by atoms with Crippen LogP contribution in [-0.4, -0.2) is 91.4 Å². The van der Waals surface area contributed by atoms with Crippen molar-refractivity contribution in [2.45, 2.75) is 18.4 Å². The molecule has 0 bridgehead atoms. The minimum absolute atomic E-state index is 0. The smallest absolute Gasteiger partial charge is 0.545 e. The summed E-state index contributed by atoms with van der Waals surface area (Å²) in [4.78, 5) is 55.9. The molecule has 0 saturated carbocycles. The number of carboxylic acid groups (broad SMARTS) is 2. The Balaban J connectivity index is 0.00000270. The minimum Gasteiger partial charge on any atom is -0.545 e. The molecule has 1 aromatic carbocycles. The molecule has 1 N–H and O–H groups in total. The van der Waals surface area contributed by atoms with Crippen LogP contribution in [0.5, 0.6) is 0 Å². The first-order valence-corrected chi connectivity index (χ1v) is 16.0. The predicted molar refractivity (Wildman–Crippen MR) is 162 cm³/mol. The van der Waals surface area contributed by atoms with Crippen LogP contribution in [0.25, 0.3) is 16.7 Å². The third-order valence-electron chi connectivity index (χ3n) is 7.92. The number of aromatic carboxylic acids is 1. The SMILES string of the molecule is C[C@@H](O)[C@@H]1C(=O)N2C(C(=O)[O-])=C(CSC=NN3CCN(c4nc5c(cc4F)c(=O)c(C(=O)[O-])cn5-c4ccc(F)cc4F)CC3)S[C@H]12.[Na+].[Na+]. The van der Waals surface area contributed by atoms with Crippen LogP contribution in [0.2, 0.25) is 0 Å². The number of β-lactam (4-membered cyclic amide) rings is 1. The molecule has 0 spiro atoms. The number of hydrogen-bond acceptors (Lipinski definition) is 13. The molecular formula is C29H23F3N6Na2O7S2. The fourth-order valence-corrected chi connectivity index (χ4v) is 8.05. The van der Waals surface area contributed by atoms with Crippen molar-refractivity contribution < 1.29 is 102 Å². The van der Waals surface area contributed by atoms with Crippen molar-refractivity contribution in [2.75, 3.05) is 36.8 Å². The average molecular weight is 735 g/mol. The number of carbonyl (C=O) groups excluding carboxylic acids is 3. The summed E-state index contributed by atoms with van der Waals surface area (Å²) < 4.78 is 44.6. The second kappa shape index (κ2) is 15.8. The summed E-state index contributed by atoms with van der Waals surface area (Å²) in [6.07, 6.45) is -0.119. The molecule has 3 aliphatic heterocycles. The standard InChI is InChI=1S/C29H25F3N6O7S2.2Na/c1-13(39)21-26(41)38-22(29(44)45)20(47-27(21)38)11-46-12-33-36-6-4-35(5-7-36)25-18(32)9-15-23(40)16(28(42)43)10-37(24(15)34-25)19-3-2-14(30)8-17(19)31;;/h2-3,8-10,12-13,21,27,39H,4-7,11H2,1H3,(H,42,43)(H,44,45);;/q;2*+1/p-2/t13-,21-,27-;;/m1../s1. The zero-order chi connectivity index (χ0) is 33.7. The summed E-state index contributed by atoms with van der Waals surface area (Å²) in [5.74, 6) is -7.36. The maximum Gasteiger partial charge on any atom is 1.00 e. The number of rotatable bonds is 9. The first-order chi connectivity index (χ1) is 22.4. The molecule has 0 aliphatic carbocycles. The van der Waals surface area contributed by atoms with E-state index >= 15 is 4.39 Å². The molecule has 246 valence electrons. The number of anilines is 1. The Labute approximate surface area is 328 Å². The number of aliphatic carboxylic acids is 1. The van der Waals surface area contributed by atoms with Gasteiger partial charge in [-0.2, -0.15) is 5.10 Å². The molecule has 6 rings (SSSR count). The maximum absolute atomic E-state index is 15.3. The monoisotopic (exact) mass is 734 g/mol. The number of hydrogen-bond donors (Lipinski definition) is 1. The number of aliphatic hydroxyl groups excluding tert-OH is 1. The van der Waals surface area contributed by atoms with Crippen molar-refractivity contribution >= 4 is 63.8 Å². The van der Waals surface area contributed by atoms with E-state index in [4.69, 9.17) is 0 Å². The molecule has 2 fully saturated rings. The number of benzene rings is 1. The van der Waals surface area contributed by atoms with E-state index in [0.717, 1.165) is 33.9 Å². The summed E-state index contributed by atoms with van der Waals surface area (Å²) in [5.41, 5.74) is -1.20. The van der Waals surface area contributed by atoms with Crippen LogP contribution >= 0.6 is 23.5 Å². The Bertz CT molecular complexity index is 1960. The van der Waals surface area contributed by atoms with Gasteiger partial charge in [-0.05, 0) is 25.1 Å². The summed E-state index contributed by atoms with van der Waals surface area (Å²) in [7, 11) is 0. The van der Waals surface area contributed by atoms with Crippen molar-refractivity contribution in [3.8, 4) is 5.69 Å². The zero-order valence-electron chi connectivity index (χ0n) is 26.3. The average Bonchev–Trinajstić information content (AvgIpc) is 3.34. The van der Waals surface area contributed by atoms with Crippen LogP contribution in [0.3, 0.4) is 0 Å². The van der Waals surface area contributed by atoms with Crippen LogP contribution < -0.4 is 79.7 Å². The van der Waals surface area contributed by atoms with Gasteiger partial charge in [-0.25, -0.2) is 18.2 Å². The molecule has 3 aromatic rings. The van der Waals surface area contributed by atoms with Gasteiger partial charge in [-0.15, -0.1) is 23.5 Å². The maximum atomic E-state index is 15.3. The van der Waals surface area contributed by atoms with Crippen LogP contribution in [-0.2, 0) is 9.59 Å². The Morgan fingerprint density at radius 1 is 1.10 bits per heavy atom. The van der Waals surface area contributed by atoms with Crippen molar-refractivity contribution in [3.05, 3.63) is 74.3 Å². The number of carboxylic acids is 2. The van der Waals surface area contributed by atoms with E-state index in [1.165, 1.54) is 36.0 Å². The zero-order valence-corrected chi connectivity index (χ0v) is 31.9. The second-order valence-electron chi connectivity index (χ2n) is 10.8. The van der Waals surface area contributed by atoms with Gasteiger partial charge < -0.3 is 29.8 Å². The van der Waals surface area contributed by atoms with Gasteiger partial charge >= 0.3 is 59.1 Å². The molecular weight excluding hydrogens is 711 g/mol. The Kier molecular flexibility index (Phi) is 12.6. The Morgan fingerprint density at radius 2 is 1.80 bits per heavy atom. The topological polar surface area (TPSA) is 175 Å². The van der Waals surface area contributed by atoms with Crippen molar-refractivity contribution in [2.24, 2.45) is 11.0 Å². The molecule has 3 atom stereocenters.